The lowest BCUT2D eigenvalue weighted by atomic mass is 10.1. The maximum absolute atomic E-state index is 13.5. The summed E-state index contributed by atoms with van der Waals surface area (Å²) in [5.74, 6) is -0.161. The van der Waals surface area contributed by atoms with Gasteiger partial charge in [-0.05, 0) is 36.8 Å². The van der Waals surface area contributed by atoms with Gasteiger partial charge in [0.15, 0.2) is 5.13 Å². The molecule has 1 aromatic carbocycles. The summed E-state index contributed by atoms with van der Waals surface area (Å²) in [5, 5.41) is 5.57. The highest BCUT2D eigenvalue weighted by Crippen LogP contribution is 2.39. The third-order valence-corrected chi connectivity index (χ3v) is 5.05. The molecule has 0 aliphatic heterocycles. The third kappa shape index (κ3) is 5.83. The van der Waals surface area contributed by atoms with Crippen LogP contribution >= 0.6 is 22.9 Å². The molecule has 0 atom stereocenters. The number of hydrogen-bond acceptors (Lipinski definition) is 5. The van der Waals surface area contributed by atoms with Gasteiger partial charge in [0.2, 0.25) is 0 Å². The van der Waals surface area contributed by atoms with E-state index in [2.05, 4.69) is 15.3 Å². The molecule has 9 heteroatoms. The summed E-state index contributed by atoms with van der Waals surface area (Å²) >= 11 is 7.06. The molecular formula is C20H19ClF3N3OS. The topological polar surface area (TPSA) is 47.0 Å². The van der Waals surface area contributed by atoms with Crippen molar-refractivity contribution in [1.29, 1.82) is 0 Å². The predicted octanol–water partition coefficient (Wildman–Crippen LogP) is 7.19. The van der Waals surface area contributed by atoms with Crippen molar-refractivity contribution in [1.82, 2.24) is 9.97 Å². The van der Waals surface area contributed by atoms with Gasteiger partial charge in [0.1, 0.15) is 10.9 Å². The monoisotopic (exact) mass is 441 g/mol. The fourth-order valence-electron chi connectivity index (χ4n) is 2.60. The van der Waals surface area contributed by atoms with Crippen molar-refractivity contribution < 1.29 is 17.9 Å². The second kappa shape index (κ2) is 9.45. The lowest BCUT2D eigenvalue weighted by Crippen LogP contribution is -2.10. The van der Waals surface area contributed by atoms with Crippen molar-refractivity contribution in [2.24, 2.45) is 0 Å². The van der Waals surface area contributed by atoms with Crippen LogP contribution in [-0.2, 0) is 6.18 Å². The molecule has 3 rings (SSSR count). The Kier molecular flexibility index (Phi) is 6.97. The molecule has 0 saturated carbocycles. The number of alkyl halides is 3. The first-order chi connectivity index (χ1) is 13.9. The second-order valence-electron chi connectivity index (χ2n) is 6.30. The van der Waals surface area contributed by atoms with E-state index < -0.39 is 11.7 Å². The number of anilines is 2. The van der Waals surface area contributed by atoms with Crippen LogP contribution in [0.1, 0.15) is 31.7 Å². The fourth-order valence-corrected chi connectivity index (χ4v) is 3.46. The van der Waals surface area contributed by atoms with Crippen molar-refractivity contribution in [3.05, 3.63) is 52.6 Å². The van der Waals surface area contributed by atoms with Gasteiger partial charge < -0.3 is 10.1 Å². The molecule has 2 heterocycles. The molecule has 0 bridgehead atoms. The van der Waals surface area contributed by atoms with Crippen LogP contribution in [0.2, 0.25) is 5.15 Å². The van der Waals surface area contributed by atoms with Gasteiger partial charge >= 0.3 is 6.18 Å². The summed E-state index contributed by atoms with van der Waals surface area (Å²) < 4.78 is 45.8. The van der Waals surface area contributed by atoms with E-state index in [0.717, 1.165) is 30.9 Å². The van der Waals surface area contributed by atoms with E-state index >= 15 is 0 Å². The molecule has 3 aromatic rings. The highest BCUT2D eigenvalue weighted by Gasteiger charge is 2.34. The first-order valence-corrected chi connectivity index (χ1v) is 10.3. The molecular weight excluding hydrogens is 423 g/mol. The Bertz CT molecular complexity index is 945. The zero-order valence-electron chi connectivity index (χ0n) is 15.6. The molecule has 0 radical (unpaired) electrons. The molecule has 0 saturated heterocycles. The minimum absolute atomic E-state index is 0.161. The zero-order chi connectivity index (χ0) is 20.9. The smallest absolute Gasteiger partial charge is 0.420 e. The number of ether oxygens (including phenoxy) is 1. The minimum atomic E-state index is -4.51. The predicted molar refractivity (Wildman–Crippen MR) is 110 cm³/mol. The standard InChI is InChI=1S/C20H19ClF3N3OS/c1-2-3-4-9-28-17-7-6-14(10-15(17)20(22,23)24)26-19-27-16(12-29-19)13-5-8-18(21)25-11-13/h5-8,10-12H,2-4,9H2,1H3,(H,26,27). The number of nitrogens with one attached hydrogen (secondary N) is 1. The number of aromatic nitrogens is 2. The van der Waals surface area contributed by atoms with E-state index in [0.29, 0.717) is 16.0 Å². The largest absolute Gasteiger partial charge is 0.493 e. The molecule has 0 amide bonds. The zero-order valence-corrected chi connectivity index (χ0v) is 17.2. The fraction of sp³-hybridized carbons (Fsp3) is 0.300. The van der Waals surface area contributed by atoms with Crippen LogP contribution in [0.3, 0.4) is 0 Å². The first-order valence-electron chi connectivity index (χ1n) is 9.05. The molecule has 2 aromatic heterocycles. The normalized spacial score (nSPS) is 11.5. The maximum Gasteiger partial charge on any atom is 0.420 e. The number of thiazole rings is 1. The van der Waals surface area contributed by atoms with E-state index in [1.165, 1.54) is 17.4 Å². The van der Waals surface area contributed by atoms with Gasteiger partial charge in [0, 0.05) is 22.8 Å². The van der Waals surface area contributed by atoms with Crippen molar-refractivity contribution in [3.63, 3.8) is 0 Å². The Morgan fingerprint density at radius 3 is 2.69 bits per heavy atom. The average molecular weight is 442 g/mol. The molecule has 0 aliphatic carbocycles. The Labute approximate surface area is 175 Å². The second-order valence-corrected chi connectivity index (χ2v) is 7.54. The van der Waals surface area contributed by atoms with E-state index in [4.69, 9.17) is 16.3 Å². The number of halogens is 4. The molecule has 1 N–H and O–H groups in total. The highest BCUT2D eigenvalue weighted by atomic mass is 35.5. The maximum atomic E-state index is 13.5. The Hall–Kier alpha value is -2.32. The van der Waals surface area contributed by atoms with Gasteiger partial charge in [-0.15, -0.1) is 11.3 Å². The Balaban J connectivity index is 1.76. The molecule has 154 valence electrons. The molecule has 4 nitrogen and oxygen atoms in total. The van der Waals surface area contributed by atoms with Crippen LogP contribution in [0, 0.1) is 0 Å². The van der Waals surface area contributed by atoms with Gasteiger partial charge in [0.25, 0.3) is 0 Å². The van der Waals surface area contributed by atoms with Crippen molar-refractivity contribution >= 4 is 33.8 Å². The number of hydrogen-bond donors (Lipinski definition) is 1. The number of rotatable bonds is 8. The SMILES string of the molecule is CCCCCOc1ccc(Nc2nc(-c3ccc(Cl)nc3)cs2)cc1C(F)(F)F. The van der Waals surface area contributed by atoms with Crippen molar-refractivity contribution in [2.45, 2.75) is 32.4 Å². The minimum Gasteiger partial charge on any atom is -0.493 e. The molecule has 0 unspecified atom stereocenters. The summed E-state index contributed by atoms with van der Waals surface area (Å²) in [4.78, 5) is 8.41. The molecule has 0 spiro atoms. The van der Waals surface area contributed by atoms with Crippen LogP contribution in [0.4, 0.5) is 24.0 Å². The summed E-state index contributed by atoms with van der Waals surface area (Å²) in [7, 11) is 0. The number of unbranched alkanes of at least 4 members (excludes halogenated alkanes) is 2. The van der Waals surface area contributed by atoms with Crippen LogP contribution < -0.4 is 10.1 Å². The summed E-state index contributed by atoms with van der Waals surface area (Å²) in [6.07, 6.45) is -0.319. The van der Waals surface area contributed by atoms with Gasteiger partial charge in [-0.2, -0.15) is 13.2 Å². The lowest BCUT2D eigenvalue weighted by Gasteiger charge is -2.15. The van der Waals surface area contributed by atoms with E-state index in [1.54, 1.807) is 29.8 Å². The third-order valence-electron chi connectivity index (χ3n) is 4.07. The molecule has 0 aliphatic rings. The van der Waals surface area contributed by atoms with E-state index in [1.807, 2.05) is 6.92 Å². The van der Waals surface area contributed by atoms with Gasteiger partial charge in [0.05, 0.1) is 17.9 Å². The van der Waals surface area contributed by atoms with E-state index in [-0.39, 0.29) is 18.0 Å². The van der Waals surface area contributed by atoms with E-state index in [9.17, 15) is 13.2 Å². The number of benzene rings is 1. The van der Waals surface area contributed by atoms with Gasteiger partial charge in [-0.3, -0.25) is 0 Å². The van der Waals surface area contributed by atoms with Crippen molar-refractivity contribution in [2.75, 3.05) is 11.9 Å². The number of pyridine rings is 1. The number of nitrogens with zero attached hydrogens (tertiary/aromatic N) is 2. The van der Waals surface area contributed by atoms with Gasteiger partial charge in [-0.1, -0.05) is 31.4 Å². The van der Waals surface area contributed by atoms with Crippen LogP contribution in [0.25, 0.3) is 11.3 Å². The average Bonchev–Trinajstić information content (AvgIpc) is 3.14. The Morgan fingerprint density at radius 2 is 2.00 bits per heavy atom. The summed E-state index contributed by atoms with van der Waals surface area (Å²) in [5.41, 5.74) is 0.908. The van der Waals surface area contributed by atoms with Crippen LogP contribution in [-0.4, -0.2) is 16.6 Å². The molecule has 29 heavy (non-hydrogen) atoms. The Morgan fingerprint density at radius 1 is 1.17 bits per heavy atom. The van der Waals surface area contributed by atoms with Crippen LogP contribution in [0.5, 0.6) is 5.75 Å². The quantitative estimate of drug-likeness (QED) is 0.297. The van der Waals surface area contributed by atoms with Crippen molar-refractivity contribution in [3.8, 4) is 17.0 Å². The summed E-state index contributed by atoms with van der Waals surface area (Å²) in [6.45, 7) is 2.28. The molecule has 0 fully saturated rings. The van der Waals surface area contributed by atoms with Crippen LogP contribution in [0.15, 0.2) is 41.9 Å². The van der Waals surface area contributed by atoms with Gasteiger partial charge in [-0.25, -0.2) is 9.97 Å². The first kappa shape index (κ1) is 21.4. The highest BCUT2D eigenvalue weighted by molar-refractivity contribution is 7.14. The lowest BCUT2D eigenvalue weighted by molar-refractivity contribution is -0.138. The summed E-state index contributed by atoms with van der Waals surface area (Å²) in [6, 6.07) is 7.36.